The predicted molar refractivity (Wildman–Crippen MR) is 136 cm³/mol. The Hall–Kier alpha value is -3.64. The number of amides is 1. The van der Waals surface area contributed by atoms with E-state index in [1.165, 1.54) is 6.07 Å². The maximum atomic E-state index is 14.3. The van der Waals surface area contributed by atoms with Gasteiger partial charge in [-0.15, -0.1) is 0 Å². The Morgan fingerprint density at radius 3 is 2.63 bits per heavy atom. The lowest BCUT2D eigenvalue weighted by Gasteiger charge is -2.31. The van der Waals surface area contributed by atoms with Gasteiger partial charge in [0, 0.05) is 50.5 Å². The summed E-state index contributed by atoms with van der Waals surface area (Å²) < 4.78 is 30.8. The number of anilines is 1. The zero-order valence-corrected chi connectivity index (χ0v) is 21.5. The highest BCUT2D eigenvalue weighted by molar-refractivity contribution is 5.67. The van der Waals surface area contributed by atoms with E-state index in [1.807, 2.05) is 24.8 Å². The number of hydrogen-bond acceptors (Lipinski definition) is 10. The molecule has 5 rings (SSSR count). The first-order valence-electron chi connectivity index (χ1n) is 12.8. The largest absolute Gasteiger partial charge is 0.447 e. The van der Waals surface area contributed by atoms with E-state index in [9.17, 15) is 9.18 Å². The summed E-state index contributed by atoms with van der Waals surface area (Å²) in [6, 6.07) is 6.49. The summed E-state index contributed by atoms with van der Waals surface area (Å²) in [6.07, 6.45) is 4.25. The molecule has 38 heavy (non-hydrogen) atoms. The highest BCUT2D eigenvalue weighted by atomic mass is 19.1. The van der Waals surface area contributed by atoms with E-state index in [0.29, 0.717) is 67.8 Å². The van der Waals surface area contributed by atoms with E-state index in [1.54, 1.807) is 29.4 Å². The molecule has 0 aliphatic carbocycles. The van der Waals surface area contributed by atoms with Crippen LogP contribution in [-0.4, -0.2) is 75.5 Å². The summed E-state index contributed by atoms with van der Waals surface area (Å²) in [4.78, 5) is 29.0. The molecular weight excluding hydrogens is 493 g/mol. The fourth-order valence-electron chi connectivity index (χ4n) is 4.80. The lowest BCUT2D eigenvalue weighted by molar-refractivity contribution is -0.00899. The fourth-order valence-corrected chi connectivity index (χ4v) is 4.80. The molecule has 4 heterocycles. The Kier molecular flexibility index (Phi) is 7.79. The molecule has 2 atom stereocenters. The van der Waals surface area contributed by atoms with Gasteiger partial charge in [-0.1, -0.05) is 23.4 Å². The highest BCUT2D eigenvalue weighted by Gasteiger charge is 2.34. The van der Waals surface area contributed by atoms with E-state index < -0.39 is 0 Å². The number of aromatic nitrogens is 4. The first-order valence-corrected chi connectivity index (χ1v) is 12.8. The predicted octanol–water partition coefficient (Wildman–Crippen LogP) is 3.12. The molecule has 0 unspecified atom stereocenters. The van der Waals surface area contributed by atoms with Crippen molar-refractivity contribution in [3.8, 4) is 11.5 Å². The van der Waals surface area contributed by atoms with Crippen LogP contribution in [0.5, 0.6) is 0 Å². The fraction of sp³-hybridized carbons (Fsp3) is 0.500. The molecule has 2 N–H and O–H groups in total. The molecule has 0 saturated carbocycles. The summed E-state index contributed by atoms with van der Waals surface area (Å²) in [5.41, 5.74) is 7.51. The van der Waals surface area contributed by atoms with Crippen molar-refractivity contribution >= 4 is 12.0 Å². The molecule has 12 heteroatoms. The second-order valence-corrected chi connectivity index (χ2v) is 9.91. The smallest absolute Gasteiger partial charge is 0.410 e. The number of halogens is 1. The Morgan fingerprint density at radius 1 is 1.18 bits per heavy atom. The summed E-state index contributed by atoms with van der Waals surface area (Å²) in [7, 11) is 0. The van der Waals surface area contributed by atoms with E-state index in [0.717, 1.165) is 0 Å². The molecule has 1 aromatic carbocycles. The average Bonchev–Trinajstić information content (AvgIpc) is 3.55. The van der Waals surface area contributed by atoms with Crippen molar-refractivity contribution in [2.45, 2.75) is 57.5 Å². The summed E-state index contributed by atoms with van der Waals surface area (Å²) in [6.45, 7) is 6.09. The Bertz CT molecular complexity index is 1230. The third-order valence-corrected chi connectivity index (χ3v) is 6.79. The maximum Gasteiger partial charge on any atom is 0.410 e. The minimum absolute atomic E-state index is 0.00249. The minimum atomic E-state index is -0.285. The van der Waals surface area contributed by atoms with Gasteiger partial charge in [0.15, 0.2) is 5.82 Å². The number of hydrogen-bond donors (Lipinski definition) is 1. The molecule has 2 aromatic heterocycles. The zero-order chi connectivity index (χ0) is 26.6. The second kappa shape index (κ2) is 11.4. The zero-order valence-electron chi connectivity index (χ0n) is 21.5. The Labute approximate surface area is 220 Å². The number of likely N-dealkylation sites (tertiary alicyclic amines) is 1. The van der Waals surface area contributed by atoms with E-state index in [-0.39, 0.29) is 42.7 Å². The third kappa shape index (κ3) is 5.91. The van der Waals surface area contributed by atoms with Crippen LogP contribution in [0.15, 0.2) is 41.2 Å². The van der Waals surface area contributed by atoms with E-state index in [2.05, 4.69) is 20.1 Å². The Balaban J connectivity index is 1.13. The molecule has 0 bridgehead atoms. The van der Waals surface area contributed by atoms with Gasteiger partial charge < -0.3 is 29.5 Å². The van der Waals surface area contributed by atoms with Crippen LogP contribution in [0.4, 0.5) is 15.1 Å². The molecule has 11 nitrogen and oxygen atoms in total. The van der Waals surface area contributed by atoms with Gasteiger partial charge in [0.1, 0.15) is 12.4 Å². The molecule has 1 amide bonds. The number of ether oxygens (including phenoxy) is 2. The van der Waals surface area contributed by atoms with Crippen LogP contribution in [0.25, 0.3) is 11.5 Å². The monoisotopic (exact) mass is 525 g/mol. The van der Waals surface area contributed by atoms with Crippen molar-refractivity contribution in [3.05, 3.63) is 53.9 Å². The number of rotatable bonds is 7. The molecule has 2 fully saturated rings. The van der Waals surface area contributed by atoms with Crippen LogP contribution in [-0.2, 0) is 16.1 Å². The third-order valence-electron chi connectivity index (χ3n) is 6.79. The summed E-state index contributed by atoms with van der Waals surface area (Å²) in [5.74, 6) is 0.834. The molecule has 2 aliphatic rings. The van der Waals surface area contributed by atoms with Crippen molar-refractivity contribution in [1.82, 2.24) is 25.0 Å². The molecule has 2 saturated heterocycles. The number of nitrogens with zero attached hydrogens (tertiary/aromatic N) is 6. The number of piperidine rings is 1. The van der Waals surface area contributed by atoms with Gasteiger partial charge in [0.05, 0.1) is 17.8 Å². The summed E-state index contributed by atoms with van der Waals surface area (Å²) in [5, 5.41) is 4.00. The van der Waals surface area contributed by atoms with Crippen molar-refractivity contribution in [2.75, 3.05) is 31.1 Å². The number of carbonyl (C=O) groups excluding carboxylic acids is 1. The van der Waals surface area contributed by atoms with Crippen LogP contribution in [0.3, 0.4) is 0 Å². The second-order valence-electron chi connectivity index (χ2n) is 9.91. The Morgan fingerprint density at radius 2 is 1.92 bits per heavy atom. The van der Waals surface area contributed by atoms with Crippen LogP contribution < -0.4 is 10.6 Å². The molecule has 0 radical (unpaired) electrons. The van der Waals surface area contributed by atoms with Crippen LogP contribution in [0.1, 0.15) is 44.0 Å². The topological polar surface area (TPSA) is 133 Å². The standard InChI is InChI=1S/C26H32FN7O4/c1-16(2)37-26(35)33-9-7-18(8-10-33)36-15-23-31-24(38-32-23)17-11-29-25(30-12-17)34-13-20(22(28)14-34)19-5-3-4-6-21(19)27/h3-6,11-12,16,18,20,22H,7-10,13-15,28H2,1-2H3/t20-,22+/m1/s1. The van der Waals surface area contributed by atoms with Crippen LogP contribution in [0, 0.1) is 5.82 Å². The quantitative estimate of drug-likeness (QED) is 0.490. The lowest BCUT2D eigenvalue weighted by atomic mass is 9.94. The van der Waals surface area contributed by atoms with Gasteiger partial charge in [-0.2, -0.15) is 4.98 Å². The summed E-state index contributed by atoms with van der Waals surface area (Å²) >= 11 is 0. The van der Waals surface area contributed by atoms with Gasteiger partial charge in [0.2, 0.25) is 5.95 Å². The van der Waals surface area contributed by atoms with Crippen LogP contribution in [0.2, 0.25) is 0 Å². The molecule has 3 aromatic rings. The molecule has 202 valence electrons. The van der Waals surface area contributed by atoms with E-state index >= 15 is 0 Å². The normalized spacial score (nSPS) is 20.3. The number of carbonyl (C=O) groups is 1. The van der Waals surface area contributed by atoms with Crippen molar-refractivity contribution in [1.29, 1.82) is 0 Å². The van der Waals surface area contributed by atoms with Gasteiger partial charge in [0.25, 0.3) is 5.89 Å². The van der Waals surface area contributed by atoms with Crippen molar-refractivity contribution < 1.29 is 23.2 Å². The maximum absolute atomic E-state index is 14.3. The minimum Gasteiger partial charge on any atom is -0.447 e. The van der Waals surface area contributed by atoms with Gasteiger partial charge in [-0.3, -0.25) is 0 Å². The molecule has 0 spiro atoms. The first kappa shape index (κ1) is 26.0. The van der Waals surface area contributed by atoms with E-state index in [4.69, 9.17) is 19.7 Å². The van der Waals surface area contributed by atoms with Gasteiger partial charge in [-0.25, -0.2) is 19.2 Å². The van der Waals surface area contributed by atoms with Gasteiger partial charge in [-0.05, 0) is 38.3 Å². The number of benzene rings is 1. The number of nitrogens with two attached hydrogens (primary N) is 1. The average molecular weight is 526 g/mol. The molecule has 2 aliphatic heterocycles. The van der Waals surface area contributed by atoms with Crippen molar-refractivity contribution in [2.24, 2.45) is 5.73 Å². The first-order chi connectivity index (χ1) is 18.4. The SMILES string of the molecule is CC(C)OC(=O)N1CCC(OCc2noc(-c3cnc(N4C[C@H](c5ccccc5F)[C@@H](N)C4)nc3)n2)CC1. The molecular formula is C26H32FN7O4. The van der Waals surface area contributed by atoms with Crippen molar-refractivity contribution in [3.63, 3.8) is 0 Å². The van der Waals surface area contributed by atoms with Crippen LogP contribution >= 0.6 is 0 Å². The highest BCUT2D eigenvalue weighted by Crippen LogP contribution is 2.30. The lowest BCUT2D eigenvalue weighted by Crippen LogP contribution is -2.41. The van der Waals surface area contributed by atoms with Gasteiger partial charge >= 0.3 is 6.09 Å².